The Morgan fingerprint density at radius 3 is 2.77 bits per heavy atom. The van der Waals surface area contributed by atoms with E-state index in [1.165, 1.54) is 4.31 Å². The number of carbonyl (C=O) groups is 1. The quantitative estimate of drug-likeness (QED) is 0.636. The van der Waals surface area contributed by atoms with Crippen molar-refractivity contribution in [1.29, 1.82) is 0 Å². The van der Waals surface area contributed by atoms with Gasteiger partial charge in [-0.05, 0) is 36.6 Å². The van der Waals surface area contributed by atoms with Gasteiger partial charge in [0.2, 0.25) is 15.9 Å². The number of sulfonamides is 1. The van der Waals surface area contributed by atoms with E-state index in [2.05, 4.69) is 15.3 Å². The summed E-state index contributed by atoms with van der Waals surface area (Å²) in [5.74, 6) is 0.300. The Balaban J connectivity index is 1.39. The first-order valence-corrected chi connectivity index (χ1v) is 11.4. The largest absolute Gasteiger partial charge is 0.352 e. The van der Waals surface area contributed by atoms with E-state index >= 15 is 0 Å². The van der Waals surface area contributed by atoms with Crippen molar-refractivity contribution >= 4 is 15.9 Å². The van der Waals surface area contributed by atoms with Crippen LogP contribution in [0.1, 0.15) is 18.4 Å². The maximum atomic E-state index is 12.9. The zero-order valence-corrected chi connectivity index (χ0v) is 17.3. The van der Waals surface area contributed by atoms with E-state index in [-0.39, 0.29) is 23.3 Å². The molecule has 4 rings (SSSR count). The summed E-state index contributed by atoms with van der Waals surface area (Å²) < 4.78 is 27.2. The van der Waals surface area contributed by atoms with Gasteiger partial charge < -0.3 is 10.3 Å². The molecule has 0 bridgehead atoms. The van der Waals surface area contributed by atoms with Crippen molar-refractivity contribution in [3.63, 3.8) is 0 Å². The van der Waals surface area contributed by atoms with E-state index in [0.29, 0.717) is 25.9 Å². The Bertz CT molecular complexity index is 1100. The van der Waals surface area contributed by atoms with Crippen molar-refractivity contribution < 1.29 is 13.2 Å². The molecule has 0 saturated carbocycles. The van der Waals surface area contributed by atoms with Crippen LogP contribution in [-0.2, 0) is 21.4 Å². The molecule has 0 radical (unpaired) electrons. The van der Waals surface area contributed by atoms with Gasteiger partial charge in [0.1, 0.15) is 5.82 Å². The molecular formula is C22H24N4O3S. The van der Waals surface area contributed by atoms with Gasteiger partial charge in [-0.3, -0.25) is 4.79 Å². The molecule has 3 aromatic rings. The van der Waals surface area contributed by atoms with E-state index in [9.17, 15) is 13.2 Å². The van der Waals surface area contributed by atoms with E-state index in [0.717, 1.165) is 17.0 Å². The van der Waals surface area contributed by atoms with Crippen LogP contribution in [0.4, 0.5) is 0 Å². The molecule has 1 fully saturated rings. The molecule has 0 spiro atoms. The average molecular weight is 425 g/mol. The molecule has 8 heteroatoms. The van der Waals surface area contributed by atoms with Crippen LogP contribution in [0, 0.1) is 5.92 Å². The topological polar surface area (TPSA) is 95.2 Å². The highest BCUT2D eigenvalue weighted by molar-refractivity contribution is 7.89. The maximum Gasteiger partial charge on any atom is 0.243 e. The number of benzene rings is 2. The number of amides is 1. The molecule has 2 aromatic carbocycles. The Labute approximate surface area is 176 Å². The number of aromatic nitrogens is 2. The van der Waals surface area contributed by atoms with Crippen molar-refractivity contribution in [2.24, 2.45) is 5.92 Å². The lowest BCUT2D eigenvalue weighted by molar-refractivity contribution is -0.126. The summed E-state index contributed by atoms with van der Waals surface area (Å²) in [5.41, 5.74) is 1.91. The second kappa shape index (κ2) is 8.81. The number of imidazole rings is 1. The lowest BCUT2D eigenvalue weighted by Crippen LogP contribution is -2.45. The van der Waals surface area contributed by atoms with Crippen LogP contribution in [0.2, 0.25) is 0 Å². The maximum absolute atomic E-state index is 12.9. The van der Waals surface area contributed by atoms with Gasteiger partial charge in [0.15, 0.2) is 0 Å². The molecule has 2 N–H and O–H groups in total. The van der Waals surface area contributed by atoms with Crippen molar-refractivity contribution in [3.8, 4) is 11.4 Å². The van der Waals surface area contributed by atoms with Gasteiger partial charge in [0.25, 0.3) is 0 Å². The first-order chi connectivity index (χ1) is 14.5. The lowest BCUT2D eigenvalue weighted by Gasteiger charge is -2.31. The molecule has 1 aliphatic heterocycles. The zero-order valence-electron chi connectivity index (χ0n) is 16.5. The smallest absolute Gasteiger partial charge is 0.243 e. The number of hydrogen-bond acceptors (Lipinski definition) is 4. The molecule has 0 unspecified atom stereocenters. The predicted octanol–water partition coefficient (Wildman–Crippen LogP) is 2.79. The van der Waals surface area contributed by atoms with Crippen LogP contribution in [0.15, 0.2) is 71.9 Å². The minimum absolute atomic E-state index is 0.119. The summed E-state index contributed by atoms with van der Waals surface area (Å²) in [6, 6.07) is 16.2. The molecule has 1 saturated heterocycles. The van der Waals surface area contributed by atoms with Crippen LogP contribution in [0.25, 0.3) is 11.4 Å². The Kier molecular flexibility index (Phi) is 5.96. The Hall–Kier alpha value is -2.97. The van der Waals surface area contributed by atoms with Crippen LogP contribution in [0.3, 0.4) is 0 Å². The SMILES string of the molecule is O=C(NCc1cccc(-c2ncc[nH]2)c1)[C@H]1CCCN(S(=O)(=O)c2ccccc2)C1. The summed E-state index contributed by atoms with van der Waals surface area (Å²) in [5, 5.41) is 2.96. The van der Waals surface area contributed by atoms with Crippen molar-refractivity contribution in [2.75, 3.05) is 13.1 Å². The first-order valence-electron chi connectivity index (χ1n) is 9.95. The number of carbonyl (C=O) groups excluding carboxylic acids is 1. The minimum Gasteiger partial charge on any atom is -0.352 e. The van der Waals surface area contributed by atoms with Gasteiger partial charge in [0, 0.05) is 37.6 Å². The summed E-state index contributed by atoms with van der Waals surface area (Å²) in [6.45, 7) is 1.02. The predicted molar refractivity (Wildman–Crippen MR) is 114 cm³/mol. The minimum atomic E-state index is -3.58. The standard InChI is InChI=1S/C22H24N4O3S/c27-22(25-15-17-6-4-7-18(14-17)21-23-11-12-24-21)19-8-5-13-26(16-19)30(28,29)20-9-2-1-3-10-20/h1-4,6-7,9-12,14,19H,5,8,13,15-16H2,(H,23,24)(H,25,27)/t19-/m0/s1. The molecule has 1 aromatic heterocycles. The number of hydrogen-bond donors (Lipinski definition) is 2. The second-order valence-corrected chi connectivity index (χ2v) is 9.31. The van der Waals surface area contributed by atoms with Gasteiger partial charge in [-0.25, -0.2) is 13.4 Å². The summed E-state index contributed by atoms with van der Waals surface area (Å²) >= 11 is 0. The highest BCUT2D eigenvalue weighted by Crippen LogP contribution is 2.24. The van der Waals surface area contributed by atoms with Gasteiger partial charge in [-0.2, -0.15) is 4.31 Å². The molecule has 7 nitrogen and oxygen atoms in total. The summed E-state index contributed by atoms with van der Waals surface area (Å²) in [6.07, 6.45) is 4.81. The van der Waals surface area contributed by atoms with E-state index in [1.54, 1.807) is 42.7 Å². The third kappa shape index (κ3) is 4.44. The Morgan fingerprint density at radius 2 is 2.00 bits per heavy atom. The second-order valence-electron chi connectivity index (χ2n) is 7.37. The third-order valence-corrected chi connectivity index (χ3v) is 7.18. The monoisotopic (exact) mass is 424 g/mol. The molecule has 1 atom stereocenters. The first kappa shape index (κ1) is 20.3. The number of nitrogens with one attached hydrogen (secondary N) is 2. The molecule has 1 aliphatic rings. The van der Waals surface area contributed by atoms with Crippen LogP contribution >= 0.6 is 0 Å². The van der Waals surface area contributed by atoms with Gasteiger partial charge >= 0.3 is 0 Å². The van der Waals surface area contributed by atoms with Gasteiger partial charge in [-0.1, -0.05) is 36.4 Å². The fourth-order valence-electron chi connectivity index (χ4n) is 3.70. The van der Waals surface area contributed by atoms with E-state index in [1.807, 2.05) is 24.3 Å². The number of rotatable bonds is 6. The third-order valence-electron chi connectivity index (χ3n) is 5.30. The molecule has 30 heavy (non-hydrogen) atoms. The van der Waals surface area contributed by atoms with E-state index in [4.69, 9.17) is 0 Å². The fourth-order valence-corrected chi connectivity index (χ4v) is 5.25. The number of piperidine rings is 1. The van der Waals surface area contributed by atoms with Crippen LogP contribution < -0.4 is 5.32 Å². The highest BCUT2D eigenvalue weighted by Gasteiger charge is 2.33. The lowest BCUT2D eigenvalue weighted by atomic mass is 9.98. The molecule has 1 amide bonds. The highest BCUT2D eigenvalue weighted by atomic mass is 32.2. The van der Waals surface area contributed by atoms with Crippen molar-refractivity contribution in [2.45, 2.75) is 24.3 Å². The molecule has 156 valence electrons. The van der Waals surface area contributed by atoms with Crippen LogP contribution in [0.5, 0.6) is 0 Å². The normalized spacial score (nSPS) is 17.5. The fraction of sp³-hybridized carbons (Fsp3) is 0.273. The van der Waals surface area contributed by atoms with E-state index < -0.39 is 10.0 Å². The van der Waals surface area contributed by atoms with Crippen molar-refractivity contribution in [1.82, 2.24) is 19.6 Å². The molecular weight excluding hydrogens is 400 g/mol. The summed E-state index contributed by atoms with van der Waals surface area (Å²) in [4.78, 5) is 20.3. The van der Waals surface area contributed by atoms with Gasteiger partial charge in [0.05, 0.1) is 10.8 Å². The molecule has 2 heterocycles. The van der Waals surface area contributed by atoms with Crippen LogP contribution in [-0.4, -0.2) is 41.7 Å². The molecule has 0 aliphatic carbocycles. The summed E-state index contributed by atoms with van der Waals surface area (Å²) in [7, 11) is -3.58. The Morgan fingerprint density at radius 1 is 1.17 bits per heavy atom. The van der Waals surface area contributed by atoms with Gasteiger partial charge in [-0.15, -0.1) is 0 Å². The van der Waals surface area contributed by atoms with Crippen molar-refractivity contribution in [3.05, 3.63) is 72.6 Å². The zero-order chi connectivity index (χ0) is 21.0. The number of nitrogens with zero attached hydrogens (tertiary/aromatic N) is 2. The number of H-pyrrole nitrogens is 1. The number of aromatic amines is 1. The average Bonchev–Trinajstić information content (AvgIpc) is 3.33.